The van der Waals surface area contributed by atoms with Gasteiger partial charge in [0.1, 0.15) is 6.54 Å². The molecular formula is C17H18F3N3O3S. The number of nitrogens with one attached hydrogen (secondary N) is 1. The highest BCUT2D eigenvalue weighted by Crippen LogP contribution is 2.29. The van der Waals surface area contributed by atoms with Gasteiger partial charge in [0.2, 0.25) is 5.91 Å². The van der Waals surface area contributed by atoms with Gasteiger partial charge in [0.05, 0.1) is 5.56 Å². The molecule has 146 valence electrons. The van der Waals surface area contributed by atoms with Crippen LogP contribution in [0.15, 0.2) is 35.8 Å². The Kier molecular flexibility index (Phi) is 7.31. The average Bonchev–Trinajstić information content (AvgIpc) is 3.12. The van der Waals surface area contributed by atoms with Crippen molar-refractivity contribution in [3.05, 3.63) is 47.0 Å². The molecule has 0 unspecified atom stereocenters. The Morgan fingerprint density at radius 3 is 2.52 bits per heavy atom. The number of amides is 2. The zero-order chi connectivity index (χ0) is 19.9. The number of carbonyl (C=O) groups excluding carboxylic acids is 2. The summed E-state index contributed by atoms with van der Waals surface area (Å²) >= 11 is 1.24. The summed E-state index contributed by atoms with van der Waals surface area (Å²) in [5.41, 5.74) is -0.769. The number of hydrogen-bond donors (Lipinski definition) is 1. The summed E-state index contributed by atoms with van der Waals surface area (Å²) in [5.74, 6) is -0.975. The molecule has 1 aromatic carbocycles. The minimum absolute atomic E-state index is 0.0717. The Morgan fingerprint density at radius 1 is 1.26 bits per heavy atom. The first-order chi connectivity index (χ1) is 12.8. The number of anilines is 1. The van der Waals surface area contributed by atoms with Gasteiger partial charge in [0.15, 0.2) is 5.13 Å². The van der Waals surface area contributed by atoms with E-state index < -0.39 is 23.6 Å². The summed E-state index contributed by atoms with van der Waals surface area (Å²) in [6.45, 7) is 0.354. The van der Waals surface area contributed by atoms with E-state index in [1.54, 1.807) is 5.38 Å². The highest BCUT2D eigenvalue weighted by Gasteiger charge is 2.30. The van der Waals surface area contributed by atoms with Crippen LogP contribution in [0.2, 0.25) is 0 Å². The first kappa shape index (κ1) is 20.8. The molecule has 0 radical (unpaired) electrons. The van der Waals surface area contributed by atoms with Gasteiger partial charge in [-0.3, -0.25) is 9.59 Å². The number of aromatic nitrogens is 1. The highest BCUT2D eigenvalue weighted by atomic mass is 32.1. The van der Waals surface area contributed by atoms with Crippen LogP contribution in [0.5, 0.6) is 0 Å². The fraction of sp³-hybridized carbons (Fsp3) is 0.353. The molecule has 6 nitrogen and oxygen atoms in total. The van der Waals surface area contributed by atoms with E-state index in [4.69, 9.17) is 4.74 Å². The van der Waals surface area contributed by atoms with Crippen molar-refractivity contribution in [1.29, 1.82) is 0 Å². The second-order valence-electron chi connectivity index (χ2n) is 5.53. The summed E-state index contributed by atoms with van der Waals surface area (Å²) in [6, 6.07) is 3.90. The predicted molar refractivity (Wildman–Crippen MR) is 94.6 cm³/mol. The Bertz CT molecular complexity index is 749. The van der Waals surface area contributed by atoms with E-state index in [9.17, 15) is 22.8 Å². The number of benzene rings is 1. The van der Waals surface area contributed by atoms with Gasteiger partial charge < -0.3 is 15.0 Å². The molecule has 0 aliphatic carbocycles. The molecule has 2 rings (SSSR count). The Hall–Kier alpha value is -2.46. The summed E-state index contributed by atoms with van der Waals surface area (Å²) in [6.07, 6.45) is -2.47. The van der Waals surface area contributed by atoms with Crippen LogP contribution in [0.1, 0.15) is 22.3 Å². The van der Waals surface area contributed by atoms with Gasteiger partial charge in [0.25, 0.3) is 5.91 Å². The molecule has 0 saturated heterocycles. The van der Waals surface area contributed by atoms with E-state index in [1.165, 1.54) is 29.5 Å². The summed E-state index contributed by atoms with van der Waals surface area (Å²) in [5, 5.41) is 4.67. The lowest BCUT2D eigenvalue weighted by molar-refractivity contribution is -0.137. The minimum Gasteiger partial charge on any atom is -0.385 e. The second kappa shape index (κ2) is 9.47. The van der Waals surface area contributed by atoms with Crippen molar-refractivity contribution in [3.8, 4) is 0 Å². The first-order valence-corrected chi connectivity index (χ1v) is 8.84. The van der Waals surface area contributed by atoms with Crippen LogP contribution in [0, 0.1) is 0 Å². The molecule has 27 heavy (non-hydrogen) atoms. The minimum atomic E-state index is -4.48. The third kappa shape index (κ3) is 6.33. The van der Waals surface area contributed by atoms with Gasteiger partial charge in [-0.1, -0.05) is 0 Å². The molecule has 2 amide bonds. The monoisotopic (exact) mass is 401 g/mol. The van der Waals surface area contributed by atoms with Crippen molar-refractivity contribution in [1.82, 2.24) is 9.88 Å². The highest BCUT2D eigenvalue weighted by molar-refractivity contribution is 7.13. The zero-order valence-electron chi connectivity index (χ0n) is 14.5. The number of halogens is 3. The van der Waals surface area contributed by atoms with Crippen LogP contribution in [0.4, 0.5) is 18.3 Å². The first-order valence-electron chi connectivity index (χ1n) is 7.96. The number of hydrogen-bond acceptors (Lipinski definition) is 5. The number of nitrogens with zero attached hydrogens (tertiary/aromatic N) is 2. The van der Waals surface area contributed by atoms with Crippen LogP contribution < -0.4 is 5.32 Å². The fourth-order valence-electron chi connectivity index (χ4n) is 2.25. The molecule has 0 spiro atoms. The molecule has 1 heterocycles. The summed E-state index contributed by atoms with van der Waals surface area (Å²) in [4.78, 5) is 30.0. The molecule has 0 saturated carbocycles. The fourth-order valence-corrected chi connectivity index (χ4v) is 2.80. The van der Waals surface area contributed by atoms with E-state index in [0.29, 0.717) is 18.2 Å². The van der Waals surface area contributed by atoms with Gasteiger partial charge in [-0.15, -0.1) is 11.3 Å². The summed E-state index contributed by atoms with van der Waals surface area (Å²) < 4.78 is 43.0. The molecule has 0 fully saturated rings. The number of thiazole rings is 1. The molecule has 1 aromatic heterocycles. The molecule has 0 bridgehead atoms. The van der Waals surface area contributed by atoms with Gasteiger partial charge >= 0.3 is 6.18 Å². The van der Waals surface area contributed by atoms with Crippen LogP contribution in [-0.2, 0) is 15.7 Å². The lowest BCUT2D eigenvalue weighted by atomic mass is 10.1. The summed E-state index contributed by atoms with van der Waals surface area (Å²) in [7, 11) is 1.51. The maximum atomic E-state index is 12.7. The molecule has 2 aromatic rings. The number of methoxy groups -OCH3 is 1. The van der Waals surface area contributed by atoms with Crippen LogP contribution >= 0.6 is 11.3 Å². The van der Waals surface area contributed by atoms with Crippen molar-refractivity contribution >= 4 is 28.3 Å². The molecule has 0 aliphatic rings. The Morgan fingerprint density at radius 2 is 1.96 bits per heavy atom. The van der Waals surface area contributed by atoms with E-state index in [0.717, 1.165) is 24.3 Å². The third-order valence-electron chi connectivity index (χ3n) is 3.54. The van der Waals surface area contributed by atoms with Gasteiger partial charge in [-0.2, -0.15) is 13.2 Å². The van der Waals surface area contributed by atoms with Gasteiger partial charge in [0, 0.05) is 37.4 Å². The third-order valence-corrected chi connectivity index (χ3v) is 4.22. The average molecular weight is 401 g/mol. The predicted octanol–water partition coefficient (Wildman–Crippen LogP) is 3.28. The SMILES string of the molecule is COCCCN(CC(=O)Nc1nccs1)C(=O)c1ccc(C(F)(F)F)cc1. The number of rotatable bonds is 8. The molecule has 10 heteroatoms. The molecular weight excluding hydrogens is 383 g/mol. The van der Waals surface area contributed by atoms with Crippen LogP contribution in [0.25, 0.3) is 0 Å². The van der Waals surface area contributed by atoms with Crippen molar-refractivity contribution < 1.29 is 27.5 Å². The topological polar surface area (TPSA) is 71.5 Å². The number of carbonyl (C=O) groups is 2. The van der Waals surface area contributed by atoms with Crippen molar-refractivity contribution in [3.63, 3.8) is 0 Å². The van der Waals surface area contributed by atoms with Crippen molar-refractivity contribution in [2.45, 2.75) is 12.6 Å². The standard InChI is InChI=1S/C17H18F3N3O3S/c1-26-9-2-8-23(11-14(24)22-16-21-7-10-27-16)15(25)12-3-5-13(6-4-12)17(18,19)20/h3-7,10H,2,8-9,11H2,1H3,(H,21,22,24). The van der Waals surface area contributed by atoms with E-state index in [1.807, 2.05) is 0 Å². The normalized spacial score (nSPS) is 11.3. The maximum Gasteiger partial charge on any atom is 0.416 e. The van der Waals surface area contributed by atoms with E-state index >= 15 is 0 Å². The van der Waals surface area contributed by atoms with E-state index in [2.05, 4.69) is 10.3 Å². The largest absolute Gasteiger partial charge is 0.416 e. The maximum absolute atomic E-state index is 12.7. The molecule has 1 N–H and O–H groups in total. The van der Waals surface area contributed by atoms with Crippen LogP contribution in [0.3, 0.4) is 0 Å². The van der Waals surface area contributed by atoms with Crippen molar-refractivity contribution in [2.24, 2.45) is 0 Å². The smallest absolute Gasteiger partial charge is 0.385 e. The van der Waals surface area contributed by atoms with Crippen LogP contribution in [-0.4, -0.2) is 48.5 Å². The lowest BCUT2D eigenvalue weighted by Gasteiger charge is -2.22. The number of ether oxygens (including phenoxy) is 1. The van der Waals surface area contributed by atoms with Gasteiger partial charge in [-0.05, 0) is 30.7 Å². The molecule has 0 aliphatic heterocycles. The van der Waals surface area contributed by atoms with Gasteiger partial charge in [-0.25, -0.2) is 4.98 Å². The quantitative estimate of drug-likeness (QED) is 0.689. The van der Waals surface area contributed by atoms with Crippen molar-refractivity contribution in [2.75, 3.05) is 32.1 Å². The lowest BCUT2D eigenvalue weighted by Crippen LogP contribution is -2.39. The molecule has 0 atom stereocenters. The Balaban J connectivity index is 2.09. The number of alkyl halides is 3. The zero-order valence-corrected chi connectivity index (χ0v) is 15.3. The second-order valence-corrected chi connectivity index (χ2v) is 6.43. The van der Waals surface area contributed by atoms with E-state index in [-0.39, 0.29) is 18.7 Å². The Labute approximate surface area is 158 Å².